The third kappa shape index (κ3) is 204. The van der Waals surface area contributed by atoms with Crippen LogP contribution in [0.25, 0.3) is 0 Å². The monoisotopic (exact) mass is 354 g/mol. The van der Waals surface area contributed by atoms with Gasteiger partial charge in [0, 0.05) is 41.1 Å². The Kier molecular flexibility index (Phi) is 145. The van der Waals surface area contributed by atoms with Crippen molar-refractivity contribution in [3.05, 3.63) is 0 Å². The topological polar surface area (TPSA) is 52.6 Å². The molecule has 0 heterocycles. The van der Waals surface area contributed by atoms with Crippen LogP contribution in [0, 0.1) is 0 Å². The SMILES string of the molecule is C.C.CC.CC.COC(C)=O.COC(C)=O.[Cd]. The molecule has 0 unspecified atom stereocenters. The van der Waals surface area contributed by atoms with Gasteiger partial charge in [0.25, 0.3) is 0 Å². The summed E-state index contributed by atoms with van der Waals surface area (Å²) in [5.41, 5.74) is 0. The zero-order valence-electron chi connectivity index (χ0n) is 11.3. The molecule has 0 atom stereocenters. The maximum absolute atomic E-state index is 9.59. The normalized spacial score (nSPS) is 4.71. The zero-order chi connectivity index (χ0) is 12.6. The van der Waals surface area contributed by atoms with Gasteiger partial charge in [-0.1, -0.05) is 42.5 Å². The van der Waals surface area contributed by atoms with Gasteiger partial charge in [-0.2, -0.15) is 0 Å². The van der Waals surface area contributed by atoms with Crippen LogP contribution in [0.2, 0.25) is 0 Å². The molecule has 0 aliphatic heterocycles. The number of carbonyl (C=O) groups is 2. The third-order valence-corrected chi connectivity index (χ3v) is 0.575. The van der Waals surface area contributed by atoms with Crippen molar-refractivity contribution in [2.75, 3.05) is 14.2 Å². The fourth-order valence-electron chi connectivity index (χ4n) is 0. The predicted octanol–water partition coefficient (Wildman–Crippen LogP) is 3.68. The number of esters is 2. The molecule has 5 heteroatoms. The molecule has 0 aliphatic rings. The zero-order valence-corrected chi connectivity index (χ0v) is 15.4. The van der Waals surface area contributed by atoms with Crippen molar-refractivity contribution in [2.45, 2.75) is 56.4 Å². The van der Waals surface area contributed by atoms with E-state index in [0.717, 1.165) is 0 Å². The summed E-state index contributed by atoms with van der Waals surface area (Å²) >= 11 is 0. The molecule has 17 heavy (non-hydrogen) atoms. The molecule has 0 amide bonds. The van der Waals surface area contributed by atoms with E-state index in [9.17, 15) is 9.59 Å². The van der Waals surface area contributed by atoms with E-state index in [-0.39, 0.29) is 54.1 Å². The molecule has 0 aromatic carbocycles. The summed E-state index contributed by atoms with van der Waals surface area (Å²) in [7, 11) is 2.70. The summed E-state index contributed by atoms with van der Waals surface area (Å²) in [6.45, 7) is 10.7. The minimum absolute atomic E-state index is 0. The van der Waals surface area contributed by atoms with Crippen LogP contribution in [-0.2, 0) is 46.4 Å². The van der Waals surface area contributed by atoms with E-state index in [4.69, 9.17) is 0 Å². The average molecular weight is 353 g/mol. The summed E-state index contributed by atoms with van der Waals surface area (Å²) < 4.78 is 8.22. The molecule has 4 nitrogen and oxygen atoms in total. The Morgan fingerprint density at radius 1 is 0.706 bits per heavy atom. The molecule has 0 bridgehead atoms. The summed E-state index contributed by atoms with van der Waals surface area (Å²) in [6.07, 6.45) is 0. The van der Waals surface area contributed by atoms with Crippen LogP contribution < -0.4 is 0 Å². The maximum Gasteiger partial charge on any atom is 0.302 e. The molecule has 0 aromatic heterocycles. The van der Waals surface area contributed by atoms with Crippen LogP contribution in [0.15, 0.2) is 0 Å². The number of rotatable bonds is 0. The molecule has 0 saturated heterocycles. The van der Waals surface area contributed by atoms with Crippen molar-refractivity contribution in [1.82, 2.24) is 0 Å². The van der Waals surface area contributed by atoms with Crippen molar-refractivity contribution < 1.29 is 46.4 Å². The first kappa shape index (κ1) is 43.6. The Hall–Kier alpha value is -0.138. The van der Waals surface area contributed by atoms with E-state index >= 15 is 0 Å². The molecule has 0 rings (SSSR count). The van der Waals surface area contributed by atoms with Gasteiger partial charge in [-0.05, 0) is 0 Å². The molecule has 106 valence electrons. The molecule has 0 fully saturated rings. The quantitative estimate of drug-likeness (QED) is 0.493. The minimum atomic E-state index is -0.245. The van der Waals surface area contributed by atoms with Gasteiger partial charge in [-0.15, -0.1) is 0 Å². The Bertz CT molecular complexity index is 103. The summed E-state index contributed by atoms with van der Waals surface area (Å²) in [6, 6.07) is 0. The Balaban J connectivity index is -0.0000000160. The van der Waals surface area contributed by atoms with E-state index in [2.05, 4.69) is 9.47 Å². The van der Waals surface area contributed by atoms with E-state index in [0.29, 0.717) is 0 Å². The van der Waals surface area contributed by atoms with Gasteiger partial charge in [0.15, 0.2) is 0 Å². The van der Waals surface area contributed by atoms with E-state index in [1.54, 1.807) is 0 Å². The summed E-state index contributed by atoms with van der Waals surface area (Å²) in [5.74, 6) is -0.491. The van der Waals surface area contributed by atoms with E-state index in [1.165, 1.54) is 28.1 Å². The first-order valence-electron chi connectivity index (χ1n) is 4.63. The van der Waals surface area contributed by atoms with Crippen LogP contribution in [0.5, 0.6) is 0 Å². The van der Waals surface area contributed by atoms with Crippen molar-refractivity contribution >= 4 is 11.9 Å². The Morgan fingerprint density at radius 3 is 0.765 bits per heavy atom. The molecule has 0 radical (unpaired) electrons. The van der Waals surface area contributed by atoms with Crippen LogP contribution >= 0.6 is 0 Å². The van der Waals surface area contributed by atoms with Crippen LogP contribution in [-0.4, -0.2) is 26.2 Å². The van der Waals surface area contributed by atoms with Crippen molar-refractivity contribution in [1.29, 1.82) is 0 Å². The molecule has 0 saturated carbocycles. The average Bonchev–Trinajstić information content (AvgIpc) is 2.24. The number of methoxy groups -OCH3 is 2. The molecular weight excluding hydrogens is 321 g/mol. The van der Waals surface area contributed by atoms with Gasteiger partial charge in [-0.3, -0.25) is 9.59 Å². The van der Waals surface area contributed by atoms with Crippen molar-refractivity contribution in [3.63, 3.8) is 0 Å². The van der Waals surface area contributed by atoms with Gasteiger partial charge in [0.1, 0.15) is 0 Å². The molecular formula is C12H32CdO4. The van der Waals surface area contributed by atoms with Crippen LogP contribution in [0.1, 0.15) is 56.4 Å². The van der Waals surface area contributed by atoms with Gasteiger partial charge >= 0.3 is 11.9 Å². The van der Waals surface area contributed by atoms with Gasteiger partial charge < -0.3 is 9.47 Å². The third-order valence-electron chi connectivity index (χ3n) is 0.575. The van der Waals surface area contributed by atoms with Gasteiger partial charge in [0.05, 0.1) is 14.2 Å². The predicted molar refractivity (Wildman–Crippen MR) is 71.5 cm³/mol. The fraction of sp³-hybridized carbons (Fsp3) is 0.833. The number of hydrogen-bond acceptors (Lipinski definition) is 4. The van der Waals surface area contributed by atoms with Crippen molar-refractivity contribution in [2.24, 2.45) is 0 Å². The summed E-state index contributed by atoms with van der Waals surface area (Å²) in [5, 5.41) is 0. The maximum atomic E-state index is 9.59. The van der Waals surface area contributed by atoms with E-state index in [1.807, 2.05) is 27.7 Å². The molecule has 0 aliphatic carbocycles. The van der Waals surface area contributed by atoms with Crippen LogP contribution in [0.3, 0.4) is 0 Å². The standard InChI is InChI=1S/2C3H6O2.2C2H6.2CH4.Cd/c2*1-3(4)5-2;2*1-2;;;/h2*1-2H3;2*1-2H3;2*1H4;. The van der Waals surface area contributed by atoms with Gasteiger partial charge in [0.2, 0.25) is 0 Å². The Morgan fingerprint density at radius 2 is 0.765 bits per heavy atom. The fourth-order valence-corrected chi connectivity index (χ4v) is 0. The van der Waals surface area contributed by atoms with Crippen LogP contribution in [0.4, 0.5) is 0 Å². The van der Waals surface area contributed by atoms with Gasteiger partial charge in [-0.25, -0.2) is 0 Å². The minimum Gasteiger partial charge on any atom is -0.469 e. The first-order chi connectivity index (χ1) is 6.54. The number of carbonyl (C=O) groups excluding carboxylic acids is 2. The largest absolute Gasteiger partial charge is 0.469 e. The van der Waals surface area contributed by atoms with E-state index < -0.39 is 0 Å². The second-order valence-electron chi connectivity index (χ2n) is 1.39. The summed E-state index contributed by atoms with van der Waals surface area (Å²) in [4.78, 5) is 19.2. The first-order valence-corrected chi connectivity index (χ1v) is 4.63. The number of hydrogen-bond donors (Lipinski definition) is 0. The smallest absolute Gasteiger partial charge is 0.302 e. The van der Waals surface area contributed by atoms with Crippen molar-refractivity contribution in [3.8, 4) is 0 Å². The molecule has 0 N–H and O–H groups in total. The molecule has 0 aromatic rings. The number of ether oxygens (including phenoxy) is 2. The Labute approximate surface area is 129 Å². The molecule has 0 spiro atoms. The second-order valence-corrected chi connectivity index (χ2v) is 1.39. The second kappa shape index (κ2) is 56.7.